The summed E-state index contributed by atoms with van der Waals surface area (Å²) in [5.74, 6) is 0.620. The molecule has 0 saturated heterocycles. The van der Waals surface area contributed by atoms with Crippen LogP contribution in [0.3, 0.4) is 0 Å². The standard InChI is InChI=1S/C25H22N2O4/c1-16(17-8-4-3-5-9-17)26-24(28)19-12-13-22-20(14-19)27-25(29)23(31-22)15-18-10-6-7-11-21(18)30-2/h3-16H,1-2H3,(H,26,28)(H,27,29)/b23-15-/t16-/m0/s1. The number of amides is 2. The molecular weight excluding hydrogens is 392 g/mol. The van der Waals surface area contributed by atoms with Gasteiger partial charge >= 0.3 is 0 Å². The Morgan fingerprint density at radius 1 is 1.06 bits per heavy atom. The summed E-state index contributed by atoms with van der Waals surface area (Å²) in [6.45, 7) is 1.92. The van der Waals surface area contributed by atoms with E-state index in [1.165, 1.54) is 0 Å². The van der Waals surface area contributed by atoms with Crippen LogP contribution in [0.2, 0.25) is 0 Å². The molecule has 1 aliphatic rings. The molecule has 0 aromatic heterocycles. The van der Waals surface area contributed by atoms with Gasteiger partial charge in [0.1, 0.15) is 5.75 Å². The van der Waals surface area contributed by atoms with Crippen LogP contribution in [0.4, 0.5) is 5.69 Å². The van der Waals surface area contributed by atoms with Crippen molar-refractivity contribution in [3.8, 4) is 11.5 Å². The van der Waals surface area contributed by atoms with E-state index in [-0.39, 0.29) is 17.7 Å². The minimum atomic E-state index is -0.395. The Hall–Kier alpha value is -4.06. The van der Waals surface area contributed by atoms with E-state index >= 15 is 0 Å². The number of carbonyl (C=O) groups is 2. The Kier molecular flexibility index (Phi) is 5.71. The number of hydrogen-bond acceptors (Lipinski definition) is 4. The average molecular weight is 414 g/mol. The van der Waals surface area contributed by atoms with Gasteiger partial charge in [0.05, 0.1) is 18.8 Å². The molecule has 0 bridgehead atoms. The summed E-state index contributed by atoms with van der Waals surface area (Å²) in [7, 11) is 1.57. The summed E-state index contributed by atoms with van der Waals surface area (Å²) >= 11 is 0. The Morgan fingerprint density at radius 2 is 1.81 bits per heavy atom. The van der Waals surface area contributed by atoms with Crippen molar-refractivity contribution < 1.29 is 19.1 Å². The van der Waals surface area contributed by atoms with Crippen LogP contribution in [-0.4, -0.2) is 18.9 Å². The van der Waals surface area contributed by atoms with Gasteiger partial charge in [-0.3, -0.25) is 9.59 Å². The van der Waals surface area contributed by atoms with Gasteiger partial charge in [0.25, 0.3) is 11.8 Å². The summed E-state index contributed by atoms with van der Waals surface area (Å²) < 4.78 is 11.1. The summed E-state index contributed by atoms with van der Waals surface area (Å²) in [6.07, 6.45) is 1.62. The third-order valence-electron chi connectivity index (χ3n) is 5.01. The number of hydrogen-bond donors (Lipinski definition) is 2. The minimum Gasteiger partial charge on any atom is -0.496 e. The van der Waals surface area contributed by atoms with E-state index in [9.17, 15) is 9.59 Å². The molecule has 6 nitrogen and oxygen atoms in total. The molecule has 0 radical (unpaired) electrons. The van der Waals surface area contributed by atoms with E-state index in [4.69, 9.17) is 9.47 Å². The fourth-order valence-corrected chi connectivity index (χ4v) is 3.33. The quantitative estimate of drug-likeness (QED) is 0.600. The first kappa shape index (κ1) is 20.2. The van der Waals surface area contributed by atoms with Gasteiger partial charge in [-0.2, -0.15) is 0 Å². The Labute approximate surface area is 180 Å². The van der Waals surface area contributed by atoms with Gasteiger partial charge in [0.2, 0.25) is 0 Å². The smallest absolute Gasteiger partial charge is 0.291 e. The van der Waals surface area contributed by atoms with Gasteiger partial charge in [0, 0.05) is 11.1 Å². The topological polar surface area (TPSA) is 76.7 Å². The highest BCUT2D eigenvalue weighted by Crippen LogP contribution is 2.33. The predicted octanol–water partition coefficient (Wildman–Crippen LogP) is 4.56. The van der Waals surface area contributed by atoms with Crippen molar-refractivity contribution in [2.75, 3.05) is 12.4 Å². The van der Waals surface area contributed by atoms with Gasteiger partial charge in [0.15, 0.2) is 11.5 Å². The van der Waals surface area contributed by atoms with Gasteiger partial charge < -0.3 is 20.1 Å². The van der Waals surface area contributed by atoms with Crippen molar-refractivity contribution >= 4 is 23.6 Å². The molecule has 3 aromatic rings. The van der Waals surface area contributed by atoms with Crippen molar-refractivity contribution in [1.29, 1.82) is 0 Å². The van der Waals surface area contributed by atoms with Crippen LogP contribution in [0.1, 0.15) is 34.5 Å². The Bertz CT molecular complexity index is 1160. The second-order valence-electron chi connectivity index (χ2n) is 7.12. The zero-order valence-electron chi connectivity index (χ0n) is 17.2. The van der Waals surface area contributed by atoms with Gasteiger partial charge in [-0.05, 0) is 42.8 Å². The zero-order chi connectivity index (χ0) is 21.8. The van der Waals surface area contributed by atoms with Crippen LogP contribution < -0.4 is 20.1 Å². The van der Waals surface area contributed by atoms with Crippen molar-refractivity contribution in [3.05, 3.63) is 95.2 Å². The predicted molar refractivity (Wildman–Crippen MR) is 119 cm³/mol. The third kappa shape index (κ3) is 4.43. The minimum absolute atomic E-state index is 0.145. The molecule has 0 spiro atoms. The van der Waals surface area contributed by atoms with Crippen LogP contribution in [0.5, 0.6) is 11.5 Å². The van der Waals surface area contributed by atoms with Crippen LogP contribution >= 0.6 is 0 Å². The van der Waals surface area contributed by atoms with E-state index < -0.39 is 5.91 Å². The Balaban J connectivity index is 1.53. The maximum atomic E-state index is 12.7. The van der Waals surface area contributed by atoms with Gasteiger partial charge in [-0.1, -0.05) is 48.5 Å². The highest BCUT2D eigenvalue weighted by Gasteiger charge is 2.24. The molecule has 2 amide bonds. The molecule has 0 unspecified atom stereocenters. The number of fused-ring (bicyclic) bond motifs is 1. The molecule has 6 heteroatoms. The lowest BCUT2D eigenvalue weighted by Gasteiger charge is -2.21. The van der Waals surface area contributed by atoms with Crippen LogP contribution in [0.15, 0.2) is 78.6 Å². The second kappa shape index (κ2) is 8.75. The molecule has 3 aromatic carbocycles. The van der Waals surface area contributed by atoms with Gasteiger partial charge in [-0.25, -0.2) is 0 Å². The maximum absolute atomic E-state index is 12.7. The average Bonchev–Trinajstić information content (AvgIpc) is 2.80. The van der Waals surface area contributed by atoms with Crippen molar-refractivity contribution in [2.45, 2.75) is 13.0 Å². The lowest BCUT2D eigenvalue weighted by molar-refractivity contribution is -0.115. The number of benzene rings is 3. The maximum Gasteiger partial charge on any atom is 0.291 e. The number of carbonyl (C=O) groups excluding carboxylic acids is 2. The number of rotatable bonds is 5. The molecule has 0 fully saturated rings. The summed E-state index contributed by atoms with van der Waals surface area (Å²) in [5.41, 5.74) is 2.62. The molecule has 4 rings (SSSR count). The number of para-hydroxylation sites is 1. The van der Waals surface area contributed by atoms with E-state index in [0.717, 1.165) is 11.1 Å². The summed E-state index contributed by atoms with van der Waals surface area (Å²) in [6, 6.07) is 21.9. The zero-order valence-corrected chi connectivity index (χ0v) is 17.2. The molecule has 1 heterocycles. The molecule has 1 aliphatic heterocycles. The second-order valence-corrected chi connectivity index (χ2v) is 7.12. The van der Waals surface area contributed by atoms with Gasteiger partial charge in [-0.15, -0.1) is 0 Å². The number of ether oxygens (including phenoxy) is 2. The molecule has 2 N–H and O–H groups in total. The number of anilines is 1. The summed E-state index contributed by atoms with van der Waals surface area (Å²) in [4.78, 5) is 25.2. The summed E-state index contributed by atoms with van der Waals surface area (Å²) in [5, 5.41) is 5.76. The first-order chi connectivity index (χ1) is 15.0. The highest BCUT2D eigenvalue weighted by molar-refractivity contribution is 6.09. The number of methoxy groups -OCH3 is 1. The molecule has 0 saturated carbocycles. The van der Waals surface area contributed by atoms with Crippen LogP contribution in [0.25, 0.3) is 6.08 Å². The van der Waals surface area contributed by atoms with Crippen molar-refractivity contribution in [3.63, 3.8) is 0 Å². The fraction of sp³-hybridized carbons (Fsp3) is 0.120. The highest BCUT2D eigenvalue weighted by atomic mass is 16.5. The fourth-order valence-electron chi connectivity index (χ4n) is 3.33. The monoisotopic (exact) mass is 414 g/mol. The lowest BCUT2D eigenvalue weighted by atomic mass is 10.1. The molecular formula is C25H22N2O4. The first-order valence-corrected chi connectivity index (χ1v) is 9.89. The SMILES string of the molecule is COc1ccccc1/C=C1\Oc2ccc(C(=O)N[C@@H](C)c3ccccc3)cc2NC1=O. The lowest BCUT2D eigenvalue weighted by Crippen LogP contribution is -2.27. The van der Waals surface area contributed by atoms with E-state index in [1.54, 1.807) is 31.4 Å². The molecule has 31 heavy (non-hydrogen) atoms. The molecule has 1 atom stereocenters. The number of nitrogens with one attached hydrogen (secondary N) is 2. The largest absolute Gasteiger partial charge is 0.496 e. The van der Waals surface area contributed by atoms with Crippen molar-refractivity contribution in [2.24, 2.45) is 0 Å². The van der Waals surface area contributed by atoms with E-state index in [0.29, 0.717) is 22.7 Å². The van der Waals surface area contributed by atoms with Crippen molar-refractivity contribution in [1.82, 2.24) is 5.32 Å². The van der Waals surface area contributed by atoms with E-state index in [1.807, 2.05) is 61.5 Å². The normalized spacial score (nSPS) is 14.8. The molecule has 156 valence electrons. The van der Waals surface area contributed by atoms with E-state index in [2.05, 4.69) is 10.6 Å². The third-order valence-corrected chi connectivity index (χ3v) is 5.01. The van der Waals surface area contributed by atoms with Crippen LogP contribution in [-0.2, 0) is 4.79 Å². The first-order valence-electron chi connectivity index (χ1n) is 9.89. The molecule has 0 aliphatic carbocycles. The Morgan fingerprint density at radius 3 is 2.58 bits per heavy atom. The van der Waals surface area contributed by atoms with Crippen LogP contribution in [0, 0.1) is 0 Å².